The van der Waals surface area contributed by atoms with Gasteiger partial charge in [-0.2, -0.15) is 0 Å². The van der Waals surface area contributed by atoms with Gasteiger partial charge in [0.25, 0.3) is 0 Å². The maximum Gasteiger partial charge on any atom is 0.0314 e. The molecular formula is C34H55N. The van der Waals surface area contributed by atoms with E-state index >= 15 is 0 Å². The van der Waals surface area contributed by atoms with E-state index in [1.807, 2.05) is 12.1 Å². The lowest BCUT2D eigenvalue weighted by molar-refractivity contribution is 0.525. The average Bonchev–Trinajstić information content (AvgIpc) is 2.86. The highest BCUT2D eigenvalue weighted by atomic mass is 14.5. The summed E-state index contributed by atoms with van der Waals surface area (Å²) >= 11 is 0. The Balaban J connectivity index is 1.40. The molecule has 2 rings (SSSR count). The molecule has 0 aliphatic rings. The first-order valence-corrected chi connectivity index (χ1v) is 15.1. The summed E-state index contributed by atoms with van der Waals surface area (Å²) in [6.45, 7) is 4.57. The van der Waals surface area contributed by atoms with Crippen LogP contribution in [0.3, 0.4) is 0 Å². The van der Waals surface area contributed by atoms with Crippen molar-refractivity contribution in [1.29, 1.82) is 0 Å². The highest BCUT2D eigenvalue weighted by molar-refractivity contribution is 5.41. The van der Waals surface area contributed by atoms with Gasteiger partial charge in [-0.15, -0.1) is 0 Å². The summed E-state index contributed by atoms with van der Waals surface area (Å²) in [6.07, 6.45) is 28.1. The van der Waals surface area contributed by atoms with E-state index in [0.29, 0.717) is 0 Å². The van der Waals surface area contributed by atoms with Crippen LogP contribution in [-0.4, -0.2) is 0 Å². The summed E-state index contributed by atoms with van der Waals surface area (Å²) in [5.74, 6) is 0. The van der Waals surface area contributed by atoms with Crippen molar-refractivity contribution in [3.05, 3.63) is 64.7 Å². The fourth-order valence-corrected chi connectivity index (χ4v) is 5.24. The zero-order valence-corrected chi connectivity index (χ0v) is 23.3. The Bertz CT molecular complexity index is 761. The summed E-state index contributed by atoms with van der Waals surface area (Å²) in [4.78, 5) is 0. The fourth-order valence-electron chi connectivity index (χ4n) is 5.24. The van der Waals surface area contributed by atoms with Gasteiger partial charge < -0.3 is 5.73 Å². The van der Waals surface area contributed by atoms with Gasteiger partial charge >= 0.3 is 0 Å². The molecule has 1 heteroatoms. The number of hydrogen-bond donors (Lipinski definition) is 1. The highest BCUT2D eigenvalue weighted by Crippen LogP contribution is 2.19. The van der Waals surface area contributed by atoms with Crippen LogP contribution >= 0.6 is 0 Å². The maximum absolute atomic E-state index is 5.80. The predicted octanol–water partition coefficient (Wildman–Crippen LogP) is 10.8. The van der Waals surface area contributed by atoms with Crippen molar-refractivity contribution in [2.45, 2.75) is 142 Å². The van der Waals surface area contributed by atoms with Gasteiger partial charge in [0.05, 0.1) is 0 Å². The number of anilines is 1. The molecule has 35 heavy (non-hydrogen) atoms. The standard InChI is InChI=1S/C34H55N/c1-3-4-5-6-7-8-9-10-11-12-13-14-15-16-17-18-19-20-21-33-25-22-32(28-30(33)2)29-31-23-26-34(35)27-24-31/h22-28H,3-21,29,35H2,1-2H3. The van der Waals surface area contributed by atoms with E-state index in [9.17, 15) is 0 Å². The molecule has 0 bridgehead atoms. The molecule has 0 saturated heterocycles. The summed E-state index contributed by atoms with van der Waals surface area (Å²) in [5.41, 5.74) is 12.3. The van der Waals surface area contributed by atoms with Crippen LogP contribution < -0.4 is 5.73 Å². The first-order chi connectivity index (χ1) is 17.2. The molecule has 0 spiro atoms. The molecule has 0 saturated carbocycles. The third-order valence-corrected chi connectivity index (χ3v) is 7.59. The van der Waals surface area contributed by atoms with Gasteiger partial charge in [0.15, 0.2) is 0 Å². The molecule has 2 N–H and O–H groups in total. The van der Waals surface area contributed by atoms with E-state index < -0.39 is 0 Å². The van der Waals surface area contributed by atoms with E-state index in [4.69, 9.17) is 5.73 Å². The molecule has 0 aliphatic carbocycles. The van der Waals surface area contributed by atoms with E-state index in [2.05, 4.69) is 44.2 Å². The Morgan fingerprint density at radius 2 is 0.943 bits per heavy atom. The largest absolute Gasteiger partial charge is 0.399 e. The zero-order chi connectivity index (χ0) is 25.0. The quantitative estimate of drug-likeness (QED) is 0.140. The van der Waals surface area contributed by atoms with Crippen molar-refractivity contribution in [1.82, 2.24) is 0 Å². The highest BCUT2D eigenvalue weighted by Gasteiger charge is 2.03. The molecule has 1 nitrogen and oxygen atoms in total. The molecule has 0 atom stereocenters. The third kappa shape index (κ3) is 14.4. The van der Waals surface area contributed by atoms with Crippen LogP contribution in [0.2, 0.25) is 0 Å². The molecule has 0 aliphatic heterocycles. The zero-order valence-electron chi connectivity index (χ0n) is 23.3. The lowest BCUT2D eigenvalue weighted by Crippen LogP contribution is -1.95. The molecule has 196 valence electrons. The second-order valence-corrected chi connectivity index (χ2v) is 10.9. The number of benzene rings is 2. The minimum Gasteiger partial charge on any atom is -0.399 e. The molecule has 0 unspecified atom stereocenters. The minimum absolute atomic E-state index is 0.838. The number of rotatable bonds is 21. The van der Waals surface area contributed by atoms with Crippen molar-refractivity contribution >= 4 is 5.69 Å². The lowest BCUT2D eigenvalue weighted by atomic mass is 9.96. The summed E-state index contributed by atoms with van der Waals surface area (Å²) in [7, 11) is 0. The summed E-state index contributed by atoms with van der Waals surface area (Å²) < 4.78 is 0. The van der Waals surface area contributed by atoms with Gasteiger partial charge in [0.1, 0.15) is 0 Å². The molecule has 0 heterocycles. The van der Waals surface area contributed by atoms with Gasteiger partial charge in [-0.1, -0.05) is 146 Å². The van der Waals surface area contributed by atoms with Crippen molar-refractivity contribution in [3.8, 4) is 0 Å². The van der Waals surface area contributed by atoms with Crippen LogP contribution in [0.1, 0.15) is 145 Å². The number of unbranched alkanes of at least 4 members (excludes halogenated alkanes) is 17. The lowest BCUT2D eigenvalue weighted by Gasteiger charge is -2.09. The van der Waals surface area contributed by atoms with E-state index in [1.165, 1.54) is 144 Å². The number of nitrogens with two attached hydrogens (primary N) is 1. The molecule has 2 aromatic rings. The van der Waals surface area contributed by atoms with Crippen LogP contribution in [0.5, 0.6) is 0 Å². The molecule has 0 amide bonds. The third-order valence-electron chi connectivity index (χ3n) is 7.59. The maximum atomic E-state index is 5.80. The second-order valence-electron chi connectivity index (χ2n) is 10.9. The minimum atomic E-state index is 0.838. The van der Waals surface area contributed by atoms with E-state index in [1.54, 1.807) is 0 Å². The Morgan fingerprint density at radius 3 is 1.40 bits per heavy atom. The average molecular weight is 478 g/mol. The van der Waals surface area contributed by atoms with Crippen molar-refractivity contribution in [3.63, 3.8) is 0 Å². The Labute approximate surface area is 218 Å². The van der Waals surface area contributed by atoms with Crippen LogP contribution in [-0.2, 0) is 12.8 Å². The molecule has 2 aromatic carbocycles. The number of hydrogen-bond acceptors (Lipinski definition) is 1. The second kappa shape index (κ2) is 19.4. The first-order valence-electron chi connectivity index (χ1n) is 15.1. The fraction of sp³-hybridized carbons (Fsp3) is 0.647. The van der Waals surface area contributed by atoms with Crippen LogP contribution in [0, 0.1) is 6.92 Å². The number of nitrogen functional groups attached to an aromatic ring is 1. The van der Waals surface area contributed by atoms with Crippen molar-refractivity contribution in [2.75, 3.05) is 5.73 Å². The van der Waals surface area contributed by atoms with E-state index in [0.717, 1.165) is 12.1 Å². The normalized spacial score (nSPS) is 11.3. The Morgan fingerprint density at radius 1 is 0.514 bits per heavy atom. The van der Waals surface area contributed by atoms with Gasteiger partial charge in [-0.25, -0.2) is 0 Å². The van der Waals surface area contributed by atoms with Crippen molar-refractivity contribution < 1.29 is 0 Å². The smallest absolute Gasteiger partial charge is 0.0314 e. The Kier molecular flexibility index (Phi) is 16.4. The molecule has 0 radical (unpaired) electrons. The monoisotopic (exact) mass is 477 g/mol. The van der Waals surface area contributed by atoms with Crippen LogP contribution in [0.25, 0.3) is 0 Å². The predicted molar refractivity (Wildman–Crippen MR) is 157 cm³/mol. The molecule has 0 aromatic heterocycles. The topological polar surface area (TPSA) is 26.0 Å². The first kappa shape index (κ1) is 29.5. The van der Waals surface area contributed by atoms with Gasteiger partial charge in [-0.3, -0.25) is 0 Å². The number of aryl methyl sites for hydroxylation is 2. The van der Waals surface area contributed by atoms with Crippen LogP contribution in [0.15, 0.2) is 42.5 Å². The molecule has 0 fully saturated rings. The van der Waals surface area contributed by atoms with Gasteiger partial charge in [-0.05, 0) is 60.6 Å². The van der Waals surface area contributed by atoms with Gasteiger partial charge in [0, 0.05) is 5.69 Å². The SMILES string of the molecule is CCCCCCCCCCCCCCCCCCCCc1ccc(Cc2ccc(N)cc2)cc1C. The van der Waals surface area contributed by atoms with Crippen LogP contribution in [0.4, 0.5) is 5.69 Å². The van der Waals surface area contributed by atoms with Crippen molar-refractivity contribution in [2.24, 2.45) is 0 Å². The summed E-state index contributed by atoms with van der Waals surface area (Å²) in [5, 5.41) is 0. The summed E-state index contributed by atoms with van der Waals surface area (Å²) in [6, 6.07) is 15.3. The molecular weight excluding hydrogens is 422 g/mol. The van der Waals surface area contributed by atoms with Gasteiger partial charge in [0.2, 0.25) is 0 Å². The Hall–Kier alpha value is -1.76. The van der Waals surface area contributed by atoms with E-state index in [-0.39, 0.29) is 0 Å².